The highest BCUT2D eigenvalue weighted by Crippen LogP contribution is 2.13. The maximum absolute atomic E-state index is 11.8. The third-order valence-corrected chi connectivity index (χ3v) is 2.38. The molecule has 0 saturated heterocycles. The number of halogens is 3. The fraction of sp³-hybridized carbons (Fsp3) is 0.667. The Kier molecular flexibility index (Phi) is 6.21. The van der Waals surface area contributed by atoms with Crippen LogP contribution in [0.1, 0.15) is 19.0 Å². The molecule has 1 aromatic heterocycles. The summed E-state index contributed by atoms with van der Waals surface area (Å²) in [5.74, 6) is 0. The van der Waals surface area contributed by atoms with Crippen molar-refractivity contribution in [1.82, 2.24) is 9.88 Å². The average Bonchev–Trinajstić information content (AvgIpc) is 2.70. The second-order valence-corrected chi connectivity index (χ2v) is 4.04. The maximum Gasteiger partial charge on any atom is 0.411 e. The highest BCUT2D eigenvalue weighted by molar-refractivity contribution is 5.06. The summed E-state index contributed by atoms with van der Waals surface area (Å²) >= 11 is 0. The summed E-state index contributed by atoms with van der Waals surface area (Å²) in [5, 5.41) is 3.06. The van der Waals surface area contributed by atoms with Gasteiger partial charge in [0.25, 0.3) is 0 Å². The first-order valence-electron chi connectivity index (χ1n) is 6.02. The van der Waals surface area contributed by atoms with E-state index in [2.05, 4.69) is 21.5 Å². The van der Waals surface area contributed by atoms with Gasteiger partial charge in [0.15, 0.2) is 0 Å². The SMILES string of the molecule is CCCn1cccc1CNCCOCC(F)(F)F. The Hall–Kier alpha value is -1.01. The Bertz CT molecular complexity index is 336. The van der Waals surface area contributed by atoms with E-state index in [0.717, 1.165) is 18.7 Å². The molecule has 0 atom stereocenters. The van der Waals surface area contributed by atoms with Gasteiger partial charge in [-0.2, -0.15) is 13.2 Å². The molecule has 0 unspecified atom stereocenters. The molecule has 0 bridgehead atoms. The summed E-state index contributed by atoms with van der Waals surface area (Å²) in [6.07, 6.45) is -1.19. The third-order valence-electron chi connectivity index (χ3n) is 2.38. The van der Waals surface area contributed by atoms with E-state index in [1.807, 2.05) is 18.3 Å². The minimum Gasteiger partial charge on any atom is -0.371 e. The number of ether oxygens (including phenoxy) is 1. The Morgan fingerprint density at radius 1 is 1.39 bits per heavy atom. The fourth-order valence-corrected chi connectivity index (χ4v) is 1.62. The summed E-state index contributed by atoms with van der Waals surface area (Å²) in [6.45, 7) is 2.99. The molecule has 0 saturated carbocycles. The third kappa shape index (κ3) is 6.07. The predicted octanol–water partition coefficient (Wildman–Crippen LogP) is 2.57. The molecule has 0 radical (unpaired) electrons. The van der Waals surface area contributed by atoms with Gasteiger partial charge in [0.2, 0.25) is 0 Å². The van der Waals surface area contributed by atoms with Crippen molar-refractivity contribution >= 4 is 0 Å². The molecule has 0 aliphatic carbocycles. The summed E-state index contributed by atoms with van der Waals surface area (Å²) in [7, 11) is 0. The van der Waals surface area contributed by atoms with E-state index < -0.39 is 12.8 Å². The molecule has 1 aromatic rings. The summed E-state index contributed by atoms with van der Waals surface area (Å²) in [5.41, 5.74) is 1.13. The normalized spacial score (nSPS) is 12.0. The van der Waals surface area contributed by atoms with Gasteiger partial charge >= 0.3 is 6.18 Å². The average molecular weight is 264 g/mol. The van der Waals surface area contributed by atoms with E-state index in [0.29, 0.717) is 13.1 Å². The van der Waals surface area contributed by atoms with Gasteiger partial charge in [-0.25, -0.2) is 0 Å². The number of nitrogens with zero attached hydrogens (tertiary/aromatic N) is 1. The van der Waals surface area contributed by atoms with E-state index >= 15 is 0 Å². The Balaban J connectivity index is 2.12. The quantitative estimate of drug-likeness (QED) is 0.730. The molecule has 1 N–H and O–H groups in total. The maximum atomic E-state index is 11.8. The lowest BCUT2D eigenvalue weighted by Gasteiger charge is -2.10. The first-order valence-corrected chi connectivity index (χ1v) is 6.02. The van der Waals surface area contributed by atoms with Crippen molar-refractivity contribution in [3.63, 3.8) is 0 Å². The predicted molar refractivity (Wildman–Crippen MR) is 63.3 cm³/mol. The highest BCUT2D eigenvalue weighted by atomic mass is 19.4. The van der Waals surface area contributed by atoms with Crippen LogP contribution in [-0.4, -0.2) is 30.5 Å². The van der Waals surface area contributed by atoms with Crippen LogP contribution in [0.2, 0.25) is 0 Å². The largest absolute Gasteiger partial charge is 0.411 e. The number of hydrogen-bond donors (Lipinski definition) is 1. The molecular formula is C12H19F3N2O. The van der Waals surface area contributed by atoms with Gasteiger partial charge in [-0.05, 0) is 18.6 Å². The second-order valence-electron chi connectivity index (χ2n) is 4.04. The number of aromatic nitrogens is 1. The Morgan fingerprint density at radius 2 is 2.17 bits per heavy atom. The van der Waals surface area contributed by atoms with Crippen LogP contribution in [0.15, 0.2) is 18.3 Å². The van der Waals surface area contributed by atoms with Crippen LogP contribution in [0, 0.1) is 0 Å². The van der Waals surface area contributed by atoms with Crippen LogP contribution in [0.4, 0.5) is 13.2 Å². The lowest BCUT2D eigenvalue weighted by molar-refractivity contribution is -0.173. The first-order chi connectivity index (χ1) is 8.53. The summed E-state index contributed by atoms with van der Waals surface area (Å²) in [4.78, 5) is 0. The van der Waals surface area contributed by atoms with Crippen LogP contribution in [0.25, 0.3) is 0 Å². The van der Waals surface area contributed by atoms with Crippen LogP contribution in [0.5, 0.6) is 0 Å². The molecule has 0 amide bonds. The van der Waals surface area contributed by atoms with E-state index in [1.165, 1.54) is 0 Å². The van der Waals surface area contributed by atoms with E-state index in [9.17, 15) is 13.2 Å². The van der Waals surface area contributed by atoms with Crippen molar-refractivity contribution in [2.45, 2.75) is 32.6 Å². The molecular weight excluding hydrogens is 245 g/mol. The topological polar surface area (TPSA) is 26.2 Å². The zero-order chi connectivity index (χ0) is 13.4. The van der Waals surface area contributed by atoms with Gasteiger partial charge in [0.1, 0.15) is 6.61 Å². The molecule has 0 aromatic carbocycles. The van der Waals surface area contributed by atoms with Crippen LogP contribution >= 0.6 is 0 Å². The van der Waals surface area contributed by atoms with Crippen molar-refractivity contribution in [3.8, 4) is 0 Å². The molecule has 104 valence electrons. The van der Waals surface area contributed by atoms with Crippen LogP contribution < -0.4 is 5.32 Å². The first kappa shape index (κ1) is 15.0. The molecule has 0 aliphatic rings. The number of rotatable bonds is 8. The van der Waals surface area contributed by atoms with E-state index in [1.54, 1.807) is 0 Å². The molecule has 6 heteroatoms. The van der Waals surface area contributed by atoms with Gasteiger partial charge in [0.05, 0.1) is 6.61 Å². The lowest BCUT2D eigenvalue weighted by atomic mass is 10.4. The molecule has 0 spiro atoms. The molecule has 3 nitrogen and oxygen atoms in total. The lowest BCUT2D eigenvalue weighted by Crippen LogP contribution is -2.24. The molecule has 0 fully saturated rings. The van der Waals surface area contributed by atoms with Crippen molar-refractivity contribution in [1.29, 1.82) is 0 Å². The molecule has 18 heavy (non-hydrogen) atoms. The van der Waals surface area contributed by atoms with Gasteiger partial charge in [-0.15, -0.1) is 0 Å². The van der Waals surface area contributed by atoms with E-state index in [-0.39, 0.29) is 6.61 Å². The Morgan fingerprint density at radius 3 is 2.83 bits per heavy atom. The zero-order valence-corrected chi connectivity index (χ0v) is 10.5. The zero-order valence-electron chi connectivity index (χ0n) is 10.5. The molecule has 1 heterocycles. The summed E-state index contributed by atoms with van der Waals surface area (Å²) in [6, 6.07) is 3.96. The van der Waals surface area contributed by atoms with Gasteiger partial charge in [-0.1, -0.05) is 6.92 Å². The highest BCUT2D eigenvalue weighted by Gasteiger charge is 2.27. The van der Waals surface area contributed by atoms with Gasteiger partial charge < -0.3 is 14.6 Å². The second kappa shape index (κ2) is 7.43. The number of aryl methyl sites for hydroxylation is 1. The fourth-order valence-electron chi connectivity index (χ4n) is 1.62. The van der Waals surface area contributed by atoms with Gasteiger partial charge in [0, 0.05) is 31.5 Å². The van der Waals surface area contributed by atoms with Crippen LogP contribution in [-0.2, 0) is 17.8 Å². The minimum atomic E-state index is -4.24. The van der Waals surface area contributed by atoms with E-state index in [4.69, 9.17) is 0 Å². The van der Waals surface area contributed by atoms with Crippen molar-refractivity contribution < 1.29 is 17.9 Å². The van der Waals surface area contributed by atoms with Crippen molar-refractivity contribution in [2.75, 3.05) is 19.8 Å². The van der Waals surface area contributed by atoms with Crippen LogP contribution in [0.3, 0.4) is 0 Å². The number of hydrogen-bond acceptors (Lipinski definition) is 2. The Labute approximate surface area is 105 Å². The van der Waals surface area contributed by atoms with Gasteiger partial charge in [-0.3, -0.25) is 0 Å². The monoisotopic (exact) mass is 264 g/mol. The van der Waals surface area contributed by atoms with Crippen molar-refractivity contribution in [3.05, 3.63) is 24.0 Å². The smallest absolute Gasteiger partial charge is 0.371 e. The minimum absolute atomic E-state index is 0.0635. The van der Waals surface area contributed by atoms with Crippen molar-refractivity contribution in [2.24, 2.45) is 0 Å². The molecule has 0 aliphatic heterocycles. The number of alkyl halides is 3. The number of nitrogens with one attached hydrogen (secondary N) is 1. The summed E-state index contributed by atoms with van der Waals surface area (Å²) < 4.78 is 42.0. The standard InChI is InChI=1S/C12H19F3N2O/c1-2-6-17-7-3-4-11(17)9-16-5-8-18-10-12(13,14)15/h3-4,7,16H,2,5-6,8-10H2,1H3. The molecule has 1 rings (SSSR count).